The fourth-order valence-corrected chi connectivity index (χ4v) is 3.26. The minimum Gasteiger partial charge on any atom is -0.497 e. The van der Waals surface area contributed by atoms with Gasteiger partial charge in [0.05, 0.1) is 25.6 Å². The number of methoxy groups -OCH3 is 2. The number of nitrogens with zero attached hydrogens (tertiary/aromatic N) is 1. The molecule has 0 bridgehead atoms. The first-order valence-corrected chi connectivity index (χ1v) is 9.43. The van der Waals surface area contributed by atoms with Crippen molar-refractivity contribution in [2.24, 2.45) is 0 Å². The molecular formula is C20H19N3O5S. The number of anilines is 2. The summed E-state index contributed by atoms with van der Waals surface area (Å²) in [7, 11) is 3.06. The molecule has 0 spiro atoms. The normalized spacial score (nSPS) is 10.3. The highest BCUT2D eigenvalue weighted by Crippen LogP contribution is 2.28. The van der Waals surface area contributed by atoms with Crippen LogP contribution in [0.4, 0.5) is 10.8 Å². The van der Waals surface area contributed by atoms with Crippen molar-refractivity contribution in [3.63, 3.8) is 0 Å². The number of carboxylic acid groups (broad SMARTS) is 1. The molecule has 2 aromatic carbocycles. The number of aromatic nitrogens is 1. The lowest BCUT2D eigenvalue weighted by molar-refractivity contribution is -0.134. The third kappa shape index (κ3) is 5.02. The van der Waals surface area contributed by atoms with Crippen molar-refractivity contribution >= 4 is 34.0 Å². The van der Waals surface area contributed by atoms with Crippen LogP contribution in [-0.2, 0) is 4.79 Å². The first kappa shape index (κ1) is 20.2. The Morgan fingerprint density at radius 1 is 1.10 bits per heavy atom. The van der Waals surface area contributed by atoms with Gasteiger partial charge < -0.3 is 19.9 Å². The molecule has 150 valence electrons. The molecule has 1 aromatic heterocycles. The van der Waals surface area contributed by atoms with Crippen LogP contribution in [0.25, 0.3) is 11.3 Å². The third-order valence-electron chi connectivity index (χ3n) is 4.00. The van der Waals surface area contributed by atoms with Crippen molar-refractivity contribution in [2.75, 3.05) is 31.4 Å². The second-order valence-electron chi connectivity index (χ2n) is 5.88. The van der Waals surface area contributed by atoms with E-state index < -0.39 is 5.97 Å². The molecule has 0 unspecified atom stereocenters. The molecular weight excluding hydrogens is 394 g/mol. The molecule has 0 fully saturated rings. The van der Waals surface area contributed by atoms with Crippen LogP contribution in [0.1, 0.15) is 10.4 Å². The zero-order valence-corrected chi connectivity index (χ0v) is 16.6. The van der Waals surface area contributed by atoms with Gasteiger partial charge >= 0.3 is 5.97 Å². The van der Waals surface area contributed by atoms with Crippen molar-refractivity contribution < 1.29 is 24.2 Å². The molecule has 0 saturated carbocycles. The van der Waals surface area contributed by atoms with E-state index in [4.69, 9.17) is 14.6 Å². The van der Waals surface area contributed by atoms with Gasteiger partial charge in [0.25, 0.3) is 5.91 Å². The maximum absolute atomic E-state index is 12.6. The number of nitrogens with one attached hydrogen (secondary N) is 2. The van der Waals surface area contributed by atoms with Crippen molar-refractivity contribution in [2.45, 2.75) is 0 Å². The molecule has 3 rings (SSSR count). The maximum Gasteiger partial charge on any atom is 0.322 e. The Balaban J connectivity index is 1.71. The van der Waals surface area contributed by atoms with Gasteiger partial charge in [0.2, 0.25) is 0 Å². The SMILES string of the molecule is COc1ccc(-c2csc(NC(=O)c3ccc(NCC(=O)O)c(OC)c3)n2)cc1. The summed E-state index contributed by atoms with van der Waals surface area (Å²) in [6, 6.07) is 12.2. The molecule has 29 heavy (non-hydrogen) atoms. The highest BCUT2D eigenvalue weighted by atomic mass is 32.1. The number of benzene rings is 2. The van der Waals surface area contributed by atoms with E-state index in [1.807, 2.05) is 29.6 Å². The number of carbonyl (C=O) groups excluding carboxylic acids is 1. The van der Waals surface area contributed by atoms with Gasteiger partial charge in [0, 0.05) is 16.5 Å². The minimum atomic E-state index is -0.995. The lowest BCUT2D eigenvalue weighted by Gasteiger charge is -2.11. The van der Waals surface area contributed by atoms with E-state index in [2.05, 4.69) is 15.6 Å². The average Bonchev–Trinajstić information content (AvgIpc) is 3.20. The van der Waals surface area contributed by atoms with Crippen molar-refractivity contribution in [1.29, 1.82) is 0 Å². The molecule has 8 nitrogen and oxygen atoms in total. The number of carboxylic acids is 1. The van der Waals surface area contributed by atoms with Crippen LogP contribution in [0, 0.1) is 0 Å². The molecule has 0 radical (unpaired) electrons. The van der Waals surface area contributed by atoms with Gasteiger partial charge in [-0.15, -0.1) is 11.3 Å². The van der Waals surface area contributed by atoms with Gasteiger partial charge in [0.1, 0.15) is 18.0 Å². The van der Waals surface area contributed by atoms with Crippen LogP contribution in [0.3, 0.4) is 0 Å². The average molecular weight is 413 g/mol. The lowest BCUT2D eigenvalue weighted by Crippen LogP contribution is -2.14. The minimum absolute atomic E-state index is 0.255. The monoisotopic (exact) mass is 413 g/mol. The first-order valence-electron chi connectivity index (χ1n) is 8.55. The fourth-order valence-electron chi connectivity index (χ4n) is 2.54. The number of hydrogen-bond acceptors (Lipinski definition) is 7. The van der Waals surface area contributed by atoms with Gasteiger partial charge in [-0.25, -0.2) is 4.98 Å². The van der Waals surface area contributed by atoms with E-state index in [1.165, 1.54) is 24.5 Å². The number of amides is 1. The largest absolute Gasteiger partial charge is 0.497 e. The smallest absolute Gasteiger partial charge is 0.322 e. The molecule has 1 heterocycles. The van der Waals surface area contributed by atoms with Gasteiger partial charge in [-0.1, -0.05) is 0 Å². The molecule has 3 N–H and O–H groups in total. The van der Waals surface area contributed by atoms with E-state index in [1.54, 1.807) is 19.2 Å². The number of rotatable bonds is 8. The topological polar surface area (TPSA) is 110 Å². The highest BCUT2D eigenvalue weighted by Gasteiger charge is 2.13. The Morgan fingerprint density at radius 3 is 2.52 bits per heavy atom. The molecule has 9 heteroatoms. The number of carbonyl (C=O) groups is 2. The summed E-state index contributed by atoms with van der Waals surface area (Å²) in [6.07, 6.45) is 0. The van der Waals surface area contributed by atoms with Gasteiger partial charge in [-0.2, -0.15) is 0 Å². The lowest BCUT2D eigenvalue weighted by atomic mass is 10.1. The zero-order chi connectivity index (χ0) is 20.8. The Kier molecular flexibility index (Phi) is 6.30. The summed E-state index contributed by atoms with van der Waals surface area (Å²) in [6.45, 7) is -0.255. The van der Waals surface area contributed by atoms with E-state index in [-0.39, 0.29) is 12.5 Å². The van der Waals surface area contributed by atoms with Crippen LogP contribution >= 0.6 is 11.3 Å². The summed E-state index contributed by atoms with van der Waals surface area (Å²) in [5, 5.41) is 16.6. The van der Waals surface area contributed by atoms with Gasteiger partial charge in [-0.05, 0) is 42.5 Å². The molecule has 0 aliphatic heterocycles. The Morgan fingerprint density at radius 2 is 1.86 bits per heavy atom. The standard InChI is InChI=1S/C20H19N3O5S/c1-27-14-6-3-12(4-7-14)16-11-29-20(22-16)23-19(26)13-5-8-15(17(9-13)28-2)21-10-18(24)25/h3-9,11,21H,10H2,1-2H3,(H,24,25)(H,22,23,26). The van der Waals surface area contributed by atoms with Crippen LogP contribution in [0.5, 0.6) is 11.5 Å². The summed E-state index contributed by atoms with van der Waals surface area (Å²) in [5.41, 5.74) is 2.52. The predicted molar refractivity (Wildman–Crippen MR) is 111 cm³/mol. The van der Waals surface area contributed by atoms with Crippen LogP contribution in [0.15, 0.2) is 47.8 Å². The van der Waals surface area contributed by atoms with Crippen LogP contribution < -0.4 is 20.1 Å². The fraction of sp³-hybridized carbons (Fsp3) is 0.150. The van der Waals surface area contributed by atoms with Crippen LogP contribution in [-0.4, -0.2) is 42.7 Å². The second kappa shape index (κ2) is 9.07. The number of aliphatic carboxylic acids is 1. The number of hydrogen-bond donors (Lipinski definition) is 3. The molecule has 0 aliphatic rings. The first-order chi connectivity index (χ1) is 14.0. The molecule has 0 aliphatic carbocycles. The second-order valence-corrected chi connectivity index (χ2v) is 6.74. The van der Waals surface area contributed by atoms with E-state index in [9.17, 15) is 9.59 Å². The Bertz CT molecular complexity index is 1020. The molecule has 0 saturated heterocycles. The zero-order valence-electron chi connectivity index (χ0n) is 15.8. The summed E-state index contributed by atoms with van der Waals surface area (Å²) >= 11 is 1.32. The van der Waals surface area contributed by atoms with Crippen molar-refractivity contribution in [1.82, 2.24) is 4.98 Å². The third-order valence-corrected chi connectivity index (χ3v) is 4.76. The van der Waals surface area contributed by atoms with E-state index in [0.717, 1.165) is 17.0 Å². The number of thiazole rings is 1. The van der Waals surface area contributed by atoms with E-state index >= 15 is 0 Å². The molecule has 0 atom stereocenters. The summed E-state index contributed by atoms with van der Waals surface area (Å²) < 4.78 is 10.4. The Labute approximate surface area is 171 Å². The summed E-state index contributed by atoms with van der Waals surface area (Å²) in [4.78, 5) is 27.7. The van der Waals surface area contributed by atoms with Gasteiger partial charge in [-0.3, -0.25) is 14.9 Å². The van der Waals surface area contributed by atoms with Crippen molar-refractivity contribution in [3.05, 3.63) is 53.4 Å². The van der Waals surface area contributed by atoms with Crippen molar-refractivity contribution in [3.8, 4) is 22.8 Å². The highest BCUT2D eigenvalue weighted by molar-refractivity contribution is 7.14. The summed E-state index contributed by atoms with van der Waals surface area (Å²) in [5.74, 6) is -0.210. The van der Waals surface area contributed by atoms with Crippen LogP contribution in [0.2, 0.25) is 0 Å². The Hall–Kier alpha value is -3.59. The van der Waals surface area contributed by atoms with Gasteiger partial charge in [0.15, 0.2) is 5.13 Å². The number of ether oxygens (including phenoxy) is 2. The van der Waals surface area contributed by atoms with E-state index in [0.29, 0.717) is 22.1 Å². The molecule has 3 aromatic rings. The maximum atomic E-state index is 12.6. The molecule has 1 amide bonds. The predicted octanol–water partition coefficient (Wildman–Crippen LogP) is 3.58. The quantitative estimate of drug-likeness (QED) is 0.518.